The number of aryl methyl sites for hydroxylation is 1. The van der Waals surface area contributed by atoms with Gasteiger partial charge >= 0.3 is 0 Å². The Morgan fingerprint density at radius 3 is 2.41 bits per heavy atom. The molecule has 0 fully saturated rings. The first-order valence-corrected chi connectivity index (χ1v) is 10.1. The third kappa shape index (κ3) is 8.89. The number of nitrogens with zero attached hydrogens (tertiary/aromatic N) is 1. The Kier molecular flexibility index (Phi) is 11.3. The van der Waals surface area contributed by atoms with Gasteiger partial charge in [-0.25, -0.2) is 0 Å². The van der Waals surface area contributed by atoms with Crippen molar-refractivity contribution in [3.8, 4) is 11.5 Å². The molecular weight excluding hydrogens is 385 g/mol. The molecule has 0 aliphatic carbocycles. The number of rotatable bonds is 12. The standard InChI is InChI=1S/C21H31Cl2NO3/c1-6-18-17(5)19(25-13-10-20(22)23)14-16(4)21(18)26-11-8-7-9-12-27-24-15(2)3/h10,14H,6-9,11-13H2,1-5H3. The number of halogens is 2. The number of hydrogen-bond donors (Lipinski definition) is 0. The molecule has 0 saturated carbocycles. The highest BCUT2D eigenvalue weighted by atomic mass is 35.5. The lowest BCUT2D eigenvalue weighted by Crippen LogP contribution is -2.06. The minimum Gasteiger partial charge on any atom is -0.493 e. The van der Waals surface area contributed by atoms with Gasteiger partial charge in [0.25, 0.3) is 0 Å². The first-order chi connectivity index (χ1) is 12.9. The van der Waals surface area contributed by atoms with Crippen LogP contribution in [0.2, 0.25) is 0 Å². The quantitative estimate of drug-likeness (QED) is 0.221. The molecule has 0 radical (unpaired) electrons. The van der Waals surface area contributed by atoms with E-state index in [9.17, 15) is 0 Å². The summed E-state index contributed by atoms with van der Waals surface area (Å²) < 4.78 is 12.1. The molecule has 0 saturated heterocycles. The molecule has 152 valence electrons. The maximum atomic E-state index is 6.10. The smallest absolute Gasteiger partial charge is 0.125 e. The lowest BCUT2D eigenvalue weighted by atomic mass is 10.0. The van der Waals surface area contributed by atoms with E-state index in [0.717, 1.165) is 54.0 Å². The van der Waals surface area contributed by atoms with E-state index < -0.39 is 0 Å². The largest absolute Gasteiger partial charge is 0.493 e. The molecule has 0 heterocycles. The Balaban J connectivity index is 2.58. The van der Waals surface area contributed by atoms with Gasteiger partial charge < -0.3 is 14.3 Å². The summed E-state index contributed by atoms with van der Waals surface area (Å²) >= 11 is 11.3. The summed E-state index contributed by atoms with van der Waals surface area (Å²) in [6, 6.07) is 2.01. The maximum absolute atomic E-state index is 6.10. The fourth-order valence-electron chi connectivity index (χ4n) is 2.69. The van der Waals surface area contributed by atoms with Crippen molar-refractivity contribution in [3.05, 3.63) is 33.3 Å². The number of oxime groups is 1. The molecule has 0 N–H and O–H groups in total. The molecule has 1 aromatic rings. The Morgan fingerprint density at radius 2 is 1.78 bits per heavy atom. The molecule has 1 rings (SSSR count). The summed E-state index contributed by atoms with van der Waals surface area (Å²) in [5, 5.41) is 3.93. The fourth-order valence-corrected chi connectivity index (χ4v) is 2.82. The summed E-state index contributed by atoms with van der Waals surface area (Å²) in [6.45, 7) is 11.7. The molecule has 4 nitrogen and oxygen atoms in total. The van der Waals surface area contributed by atoms with E-state index in [4.69, 9.17) is 37.5 Å². The normalized spacial score (nSPS) is 10.3. The maximum Gasteiger partial charge on any atom is 0.125 e. The first kappa shape index (κ1) is 23.6. The van der Waals surface area contributed by atoms with E-state index in [2.05, 4.69) is 19.0 Å². The predicted molar refractivity (Wildman–Crippen MR) is 115 cm³/mol. The van der Waals surface area contributed by atoms with Gasteiger partial charge in [0.2, 0.25) is 0 Å². The lowest BCUT2D eigenvalue weighted by Gasteiger charge is -2.19. The van der Waals surface area contributed by atoms with Crippen LogP contribution in [0.25, 0.3) is 0 Å². The summed E-state index contributed by atoms with van der Waals surface area (Å²) in [6.07, 6.45) is 5.52. The molecule has 0 aliphatic rings. The minimum atomic E-state index is 0.210. The molecule has 27 heavy (non-hydrogen) atoms. The Labute approximate surface area is 173 Å². The van der Waals surface area contributed by atoms with Crippen LogP contribution in [0, 0.1) is 13.8 Å². The van der Waals surface area contributed by atoms with Crippen LogP contribution in [0.15, 0.2) is 21.8 Å². The average Bonchev–Trinajstić information content (AvgIpc) is 2.60. The lowest BCUT2D eigenvalue weighted by molar-refractivity contribution is 0.138. The van der Waals surface area contributed by atoms with Crippen molar-refractivity contribution in [1.29, 1.82) is 0 Å². The second-order valence-electron chi connectivity index (χ2n) is 6.56. The zero-order valence-corrected chi connectivity index (χ0v) is 18.5. The van der Waals surface area contributed by atoms with Crippen molar-refractivity contribution in [2.75, 3.05) is 19.8 Å². The molecule has 1 aromatic carbocycles. The van der Waals surface area contributed by atoms with Gasteiger partial charge in [0.05, 0.1) is 12.3 Å². The molecule has 0 bridgehead atoms. The molecular formula is C21H31Cl2NO3. The van der Waals surface area contributed by atoms with Crippen molar-refractivity contribution in [2.24, 2.45) is 5.16 Å². The highest BCUT2D eigenvalue weighted by Gasteiger charge is 2.14. The Hall–Kier alpha value is -1.39. The fraction of sp³-hybridized carbons (Fsp3) is 0.571. The van der Waals surface area contributed by atoms with Crippen LogP contribution in [0.4, 0.5) is 0 Å². The van der Waals surface area contributed by atoms with Crippen LogP contribution >= 0.6 is 23.2 Å². The molecule has 0 unspecified atom stereocenters. The van der Waals surface area contributed by atoms with E-state index in [-0.39, 0.29) is 4.49 Å². The highest BCUT2D eigenvalue weighted by molar-refractivity contribution is 6.55. The van der Waals surface area contributed by atoms with Gasteiger partial charge in [-0.05, 0) is 76.6 Å². The summed E-state index contributed by atoms with van der Waals surface area (Å²) in [4.78, 5) is 5.20. The van der Waals surface area contributed by atoms with Crippen LogP contribution in [0.1, 0.15) is 56.7 Å². The number of benzene rings is 1. The van der Waals surface area contributed by atoms with E-state index in [0.29, 0.717) is 19.8 Å². The predicted octanol–water partition coefficient (Wildman–Crippen LogP) is 6.53. The Morgan fingerprint density at radius 1 is 1.07 bits per heavy atom. The highest BCUT2D eigenvalue weighted by Crippen LogP contribution is 2.34. The summed E-state index contributed by atoms with van der Waals surface area (Å²) in [5.41, 5.74) is 4.29. The van der Waals surface area contributed by atoms with Crippen LogP contribution in [0.5, 0.6) is 11.5 Å². The van der Waals surface area contributed by atoms with Crippen LogP contribution in [-0.4, -0.2) is 25.5 Å². The average molecular weight is 416 g/mol. The third-order valence-corrected chi connectivity index (χ3v) is 4.31. The number of ether oxygens (including phenoxy) is 2. The van der Waals surface area contributed by atoms with Crippen LogP contribution in [0.3, 0.4) is 0 Å². The van der Waals surface area contributed by atoms with E-state index in [1.807, 2.05) is 26.8 Å². The zero-order valence-electron chi connectivity index (χ0n) is 17.0. The molecule has 6 heteroatoms. The van der Waals surface area contributed by atoms with Crippen molar-refractivity contribution in [2.45, 2.75) is 60.3 Å². The van der Waals surface area contributed by atoms with E-state index in [1.54, 1.807) is 6.08 Å². The van der Waals surface area contributed by atoms with E-state index >= 15 is 0 Å². The molecule has 0 amide bonds. The van der Waals surface area contributed by atoms with Gasteiger partial charge in [-0.15, -0.1) is 0 Å². The van der Waals surface area contributed by atoms with Gasteiger partial charge in [-0.2, -0.15) is 0 Å². The van der Waals surface area contributed by atoms with Gasteiger partial charge in [-0.1, -0.05) is 35.3 Å². The van der Waals surface area contributed by atoms with Crippen molar-refractivity contribution >= 4 is 28.9 Å². The van der Waals surface area contributed by atoms with Crippen LogP contribution < -0.4 is 9.47 Å². The molecule has 0 aliphatic heterocycles. The van der Waals surface area contributed by atoms with Crippen LogP contribution in [-0.2, 0) is 11.3 Å². The summed E-state index contributed by atoms with van der Waals surface area (Å²) in [5.74, 6) is 1.81. The zero-order chi connectivity index (χ0) is 20.2. The van der Waals surface area contributed by atoms with Crippen molar-refractivity contribution in [3.63, 3.8) is 0 Å². The number of unbranched alkanes of at least 4 members (excludes halogenated alkanes) is 2. The second kappa shape index (κ2) is 12.9. The van der Waals surface area contributed by atoms with E-state index in [1.165, 1.54) is 5.56 Å². The third-order valence-electron chi connectivity index (χ3n) is 4.01. The first-order valence-electron chi connectivity index (χ1n) is 9.39. The molecule has 0 atom stereocenters. The van der Waals surface area contributed by atoms with Crippen molar-refractivity contribution in [1.82, 2.24) is 0 Å². The monoisotopic (exact) mass is 415 g/mol. The van der Waals surface area contributed by atoms with Gasteiger partial charge in [0.1, 0.15) is 29.2 Å². The minimum absolute atomic E-state index is 0.210. The molecule has 0 aromatic heterocycles. The van der Waals surface area contributed by atoms with Crippen molar-refractivity contribution < 1.29 is 14.3 Å². The SMILES string of the molecule is CCc1c(C)c(OCC=C(Cl)Cl)cc(C)c1OCCCCCON=C(C)C. The van der Waals surface area contributed by atoms with Gasteiger partial charge in [0, 0.05) is 5.56 Å². The second-order valence-corrected chi connectivity index (χ2v) is 7.57. The van der Waals surface area contributed by atoms with Gasteiger partial charge in [-0.3, -0.25) is 0 Å². The summed E-state index contributed by atoms with van der Waals surface area (Å²) in [7, 11) is 0. The topological polar surface area (TPSA) is 40.0 Å². The van der Waals surface area contributed by atoms with Gasteiger partial charge in [0.15, 0.2) is 0 Å². The number of hydrogen-bond acceptors (Lipinski definition) is 4. The molecule has 0 spiro atoms. The Bertz CT molecular complexity index is 649.